The molecule has 1 aromatic carbocycles. The van der Waals surface area contributed by atoms with Crippen LogP contribution in [0.4, 0.5) is 0 Å². The van der Waals surface area contributed by atoms with Gasteiger partial charge in [0.25, 0.3) is 0 Å². The Morgan fingerprint density at radius 3 is 2.52 bits per heavy atom. The largest absolute Gasteiger partial charge is 0.439 e. The highest BCUT2D eigenvalue weighted by Gasteiger charge is 2.18. The summed E-state index contributed by atoms with van der Waals surface area (Å²) in [4.78, 5) is 4.63. The van der Waals surface area contributed by atoms with E-state index in [0.29, 0.717) is 12.4 Å². The zero-order valence-electron chi connectivity index (χ0n) is 12.9. The first kappa shape index (κ1) is 16.0. The SMILES string of the molecule is Cc1ccc(Br)cc1Oc1cc(CN)cc(C(C)(C)C)n1. The lowest BCUT2D eigenvalue weighted by Gasteiger charge is -2.20. The summed E-state index contributed by atoms with van der Waals surface area (Å²) in [6.45, 7) is 8.87. The van der Waals surface area contributed by atoms with Crippen LogP contribution in [0.2, 0.25) is 0 Å². The van der Waals surface area contributed by atoms with E-state index in [1.165, 1.54) is 0 Å². The summed E-state index contributed by atoms with van der Waals surface area (Å²) in [6, 6.07) is 9.89. The summed E-state index contributed by atoms with van der Waals surface area (Å²) in [6.07, 6.45) is 0. The van der Waals surface area contributed by atoms with E-state index in [0.717, 1.165) is 27.0 Å². The number of benzene rings is 1. The van der Waals surface area contributed by atoms with Crippen LogP contribution in [-0.4, -0.2) is 4.98 Å². The Hall–Kier alpha value is -1.39. The molecule has 0 saturated heterocycles. The van der Waals surface area contributed by atoms with Gasteiger partial charge in [-0.25, -0.2) is 4.98 Å². The van der Waals surface area contributed by atoms with E-state index in [9.17, 15) is 0 Å². The highest BCUT2D eigenvalue weighted by molar-refractivity contribution is 9.10. The first-order chi connectivity index (χ1) is 9.79. The van der Waals surface area contributed by atoms with Crippen LogP contribution >= 0.6 is 15.9 Å². The van der Waals surface area contributed by atoms with Crippen LogP contribution in [0.1, 0.15) is 37.6 Å². The Bertz CT molecular complexity index is 648. The number of aryl methyl sites for hydroxylation is 1. The van der Waals surface area contributed by atoms with Crippen molar-refractivity contribution in [1.29, 1.82) is 0 Å². The maximum atomic E-state index is 5.97. The summed E-state index contributed by atoms with van der Waals surface area (Å²) in [5, 5.41) is 0. The van der Waals surface area contributed by atoms with Crippen molar-refractivity contribution in [3.63, 3.8) is 0 Å². The van der Waals surface area contributed by atoms with E-state index >= 15 is 0 Å². The molecule has 1 aromatic heterocycles. The van der Waals surface area contributed by atoms with Crippen molar-refractivity contribution in [3.05, 3.63) is 51.6 Å². The van der Waals surface area contributed by atoms with Crippen LogP contribution in [0, 0.1) is 6.92 Å². The van der Waals surface area contributed by atoms with Crippen LogP contribution in [-0.2, 0) is 12.0 Å². The van der Waals surface area contributed by atoms with Crippen molar-refractivity contribution in [1.82, 2.24) is 4.98 Å². The monoisotopic (exact) mass is 348 g/mol. The van der Waals surface area contributed by atoms with Crippen molar-refractivity contribution in [2.24, 2.45) is 5.73 Å². The minimum absolute atomic E-state index is 0.0460. The molecule has 0 bridgehead atoms. The summed E-state index contributed by atoms with van der Waals surface area (Å²) in [7, 11) is 0. The lowest BCUT2D eigenvalue weighted by Crippen LogP contribution is -2.15. The van der Waals surface area contributed by atoms with E-state index in [-0.39, 0.29) is 5.41 Å². The van der Waals surface area contributed by atoms with Gasteiger partial charge >= 0.3 is 0 Å². The third-order valence-electron chi connectivity index (χ3n) is 3.23. The van der Waals surface area contributed by atoms with Crippen LogP contribution in [0.25, 0.3) is 0 Å². The number of halogens is 1. The van der Waals surface area contributed by atoms with E-state index in [1.54, 1.807) is 0 Å². The summed E-state index contributed by atoms with van der Waals surface area (Å²) in [5.41, 5.74) is 8.81. The van der Waals surface area contributed by atoms with Gasteiger partial charge in [0.2, 0.25) is 5.88 Å². The smallest absolute Gasteiger partial charge is 0.219 e. The Balaban J connectivity index is 2.42. The molecule has 0 saturated carbocycles. The average molecular weight is 349 g/mol. The molecule has 1 heterocycles. The fraction of sp³-hybridized carbons (Fsp3) is 0.353. The molecule has 0 spiro atoms. The van der Waals surface area contributed by atoms with Gasteiger partial charge in [0.1, 0.15) is 5.75 Å². The predicted molar refractivity (Wildman–Crippen MR) is 89.8 cm³/mol. The predicted octanol–water partition coefficient (Wildman–Crippen LogP) is 4.70. The number of nitrogens with zero attached hydrogens (tertiary/aromatic N) is 1. The maximum absolute atomic E-state index is 5.97. The van der Waals surface area contributed by atoms with E-state index in [2.05, 4.69) is 41.7 Å². The molecule has 0 radical (unpaired) electrons. The van der Waals surface area contributed by atoms with Gasteiger partial charge in [-0.2, -0.15) is 0 Å². The quantitative estimate of drug-likeness (QED) is 0.874. The number of pyridine rings is 1. The molecule has 112 valence electrons. The topological polar surface area (TPSA) is 48.1 Å². The average Bonchev–Trinajstić information content (AvgIpc) is 2.41. The van der Waals surface area contributed by atoms with E-state index < -0.39 is 0 Å². The molecule has 0 fully saturated rings. The summed E-state index contributed by atoms with van der Waals surface area (Å²) in [5.74, 6) is 1.38. The lowest BCUT2D eigenvalue weighted by atomic mass is 9.91. The first-order valence-corrected chi connectivity index (χ1v) is 7.74. The molecule has 21 heavy (non-hydrogen) atoms. The van der Waals surface area contributed by atoms with Crippen LogP contribution < -0.4 is 10.5 Å². The van der Waals surface area contributed by atoms with E-state index in [1.807, 2.05) is 37.3 Å². The number of rotatable bonds is 3. The van der Waals surface area contributed by atoms with Crippen molar-refractivity contribution < 1.29 is 4.74 Å². The molecule has 4 heteroatoms. The highest BCUT2D eigenvalue weighted by Crippen LogP contribution is 2.30. The van der Waals surface area contributed by atoms with Gasteiger partial charge in [0.05, 0.1) is 5.69 Å². The molecule has 2 N–H and O–H groups in total. The number of ether oxygens (including phenoxy) is 1. The second-order valence-electron chi connectivity index (χ2n) is 6.16. The highest BCUT2D eigenvalue weighted by atomic mass is 79.9. The Morgan fingerprint density at radius 1 is 1.19 bits per heavy atom. The zero-order chi connectivity index (χ0) is 15.6. The molecule has 2 aromatic rings. The Morgan fingerprint density at radius 2 is 1.90 bits per heavy atom. The lowest BCUT2D eigenvalue weighted by molar-refractivity contribution is 0.447. The molecule has 3 nitrogen and oxygen atoms in total. The third-order valence-corrected chi connectivity index (χ3v) is 3.72. The second kappa shape index (κ2) is 6.16. The normalized spacial score (nSPS) is 11.5. The van der Waals surface area contributed by atoms with Gasteiger partial charge in [-0.05, 0) is 36.2 Å². The fourth-order valence-corrected chi connectivity index (χ4v) is 2.25. The van der Waals surface area contributed by atoms with E-state index in [4.69, 9.17) is 10.5 Å². The van der Waals surface area contributed by atoms with Crippen molar-refractivity contribution >= 4 is 15.9 Å². The third kappa shape index (κ3) is 4.05. The van der Waals surface area contributed by atoms with Gasteiger partial charge in [-0.1, -0.05) is 42.8 Å². The minimum Gasteiger partial charge on any atom is -0.439 e. The summed E-state index contributed by atoms with van der Waals surface area (Å²) < 4.78 is 6.95. The first-order valence-electron chi connectivity index (χ1n) is 6.95. The van der Waals surface area contributed by atoms with Gasteiger partial charge < -0.3 is 10.5 Å². The standard InChI is InChI=1S/C17H21BrN2O/c1-11-5-6-13(18)9-14(11)21-16-8-12(10-19)7-15(20-16)17(2,3)4/h5-9H,10,19H2,1-4H3. The number of hydrogen-bond acceptors (Lipinski definition) is 3. The maximum Gasteiger partial charge on any atom is 0.219 e. The fourth-order valence-electron chi connectivity index (χ4n) is 1.91. The van der Waals surface area contributed by atoms with Crippen molar-refractivity contribution in [2.75, 3.05) is 0 Å². The molecule has 0 unspecified atom stereocenters. The zero-order valence-corrected chi connectivity index (χ0v) is 14.5. The number of aromatic nitrogens is 1. The molecule has 0 aliphatic heterocycles. The number of nitrogens with two attached hydrogens (primary N) is 1. The van der Waals surface area contributed by atoms with Crippen molar-refractivity contribution in [3.8, 4) is 11.6 Å². The Labute approximate surface area is 134 Å². The molecular weight excluding hydrogens is 328 g/mol. The molecule has 0 amide bonds. The number of hydrogen-bond donors (Lipinski definition) is 1. The Kier molecular flexibility index (Phi) is 4.69. The second-order valence-corrected chi connectivity index (χ2v) is 7.08. The molecule has 0 aliphatic rings. The molecule has 0 aliphatic carbocycles. The molecule has 0 atom stereocenters. The van der Waals surface area contributed by atoms with Gasteiger partial charge in [0, 0.05) is 22.5 Å². The molecular formula is C17H21BrN2O. The van der Waals surface area contributed by atoms with Crippen LogP contribution in [0.3, 0.4) is 0 Å². The van der Waals surface area contributed by atoms with Gasteiger partial charge in [-0.3, -0.25) is 0 Å². The van der Waals surface area contributed by atoms with Gasteiger partial charge in [0.15, 0.2) is 0 Å². The van der Waals surface area contributed by atoms with Gasteiger partial charge in [-0.15, -0.1) is 0 Å². The van der Waals surface area contributed by atoms with Crippen LogP contribution in [0.15, 0.2) is 34.8 Å². The van der Waals surface area contributed by atoms with Crippen LogP contribution in [0.5, 0.6) is 11.6 Å². The van der Waals surface area contributed by atoms with Crippen molar-refractivity contribution in [2.45, 2.75) is 39.7 Å². The minimum atomic E-state index is -0.0460. The molecule has 2 rings (SSSR count). The summed E-state index contributed by atoms with van der Waals surface area (Å²) >= 11 is 3.46.